The molecule has 0 aliphatic carbocycles. The summed E-state index contributed by atoms with van der Waals surface area (Å²) in [7, 11) is 0. The average Bonchev–Trinajstić information content (AvgIpc) is 2.67. The van der Waals surface area contributed by atoms with Gasteiger partial charge in [-0.05, 0) is 39.3 Å². The van der Waals surface area contributed by atoms with Crippen molar-refractivity contribution in [3.05, 3.63) is 34.9 Å². The van der Waals surface area contributed by atoms with Gasteiger partial charge in [0.2, 0.25) is 0 Å². The van der Waals surface area contributed by atoms with E-state index in [1.54, 1.807) is 19.1 Å². The van der Waals surface area contributed by atoms with Crippen LogP contribution >= 0.6 is 0 Å². The second-order valence-corrected chi connectivity index (χ2v) is 5.75. The fourth-order valence-electron chi connectivity index (χ4n) is 1.95. The number of cyclic esters (lactones) is 1. The first kappa shape index (κ1) is 13.6. The minimum absolute atomic E-state index is 0.266. The number of carbonyl (C=O) groups excluding carboxylic acids is 2. The van der Waals surface area contributed by atoms with Crippen molar-refractivity contribution >= 4 is 11.9 Å². The predicted octanol–water partition coefficient (Wildman–Crippen LogP) is 2.80. The standard InChI is InChI=1S/C15H18O4/c1-9(13(16)19-15(2,3)4)10-5-6-12-11(7-10)8-18-14(12)17/h5-7,9H,8H2,1-4H3. The number of benzene rings is 1. The second-order valence-electron chi connectivity index (χ2n) is 5.75. The van der Waals surface area contributed by atoms with Gasteiger partial charge in [0.15, 0.2) is 0 Å². The summed E-state index contributed by atoms with van der Waals surface area (Å²) in [5.41, 5.74) is 1.76. The molecule has 0 radical (unpaired) electrons. The zero-order valence-electron chi connectivity index (χ0n) is 11.6. The van der Waals surface area contributed by atoms with Gasteiger partial charge in [-0.2, -0.15) is 0 Å². The maximum Gasteiger partial charge on any atom is 0.338 e. The van der Waals surface area contributed by atoms with E-state index >= 15 is 0 Å². The number of carbonyl (C=O) groups is 2. The number of rotatable bonds is 2. The van der Waals surface area contributed by atoms with Crippen molar-refractivity contribution in [1.29, 1.82) is 0 Å². The number of hydrogen-bond acceptors (Lipinski definition) is 4. The van der Waals surface area contributed by atoms with E-state index in [1.807, 2.05) is 26.8 Å². The van der Waals surface area contributed by atoms with E-state index in [-0.39, 0.29) is 24.5 Å². The third-order valence-corrected chi connectivity index (χ3v) is 2.97. The highest BCUT2D eigenvalue weighted by atomic mass is 16.6. The molecule has 0 aromatic heterocycles. The van der Waals surface area contributed by atoms with Gasteiger partial charge in [-0.15, -0.1) is 0 Å². The summed E-state index contributed by atoms with van der Waals surface area (Å²) in [6, 6.07) is 5.33. The van der Waals surface area contributed by atoms with Crippen LogP contribution in [0.1, 0.15) is 55.1 Å². The van der Waals surface area contributed by atoms with E-state index in [2.05, 4.69) is 0 Å². The molecule has 102 valence electrons. The molecule has 0 saturated carbocycles. The van der Waals surface area contributed by atoms with E-state index < -0.39 is 5.60 Å². The van der Waals surface area contributed by atoms with E-state index in [0.29, 0.717) is 5.56 Å². The van der Waals surface area contributed by atoms with Gasteiger partial charge in [0.1, 0.15) is 12.2 Å². The first-order chi connectivity index (χ1) is 8.78. The molecule has 0 amide bonds. The Morgan fingerprint density at radius 2 is 2.05 bits per heavy atom. The maximum atomic E-state index is 12.0. The van der Waals surface area contributed by atoms with Crippen molar-refractivity contribution in [3.8, 4) is 0 Å². The van der Waals surface area contributed by atoms with Crippen molar-refractivity contribution in [2.45, 2.75) is 45.8 Å². The molecule has 1 heterocycles. The quantitative estimate of drug-likeness (QED) is 0.769. The second kappa shape index (κ2) is 4.68. The van der Waals surface area contributed by atoms with Crippen molar-refractivity contribution < 1.29 is 19.1 Å². The van der Waals surface area contributed by atoms with Gasteiger partial charge in [-0.3, -0.25) is 4.79 Å². The Labute approximate surface area is 112 Å². The van der Waals surface area contributed by atoms with Crippen LogP contribution in [0.5, 0.6) is 0 Å². The lowest BCUT2D eigenvalue weighted by molar-refractivity contribution is -0.156. The monoisotopic (exact) mass is 262 g/mol. The lowest BCUT2D eigenvalue weighted by atomic mass is 9.97. The number of hydrogen-bond donors (Lipinski definition) is 0. The van der Waals surface area contributed by atoms with Crippen molar-refractivity contribution in [3.63, 3.8) is 0 Å². The molecule has 1 aromatic rings. The highest BCUT2D eigenvalue weighted by Crippen LogP contribution is 2.26. The predicted molar refractivity (Wildman–Crippen MR) is 69.8 cm³/mol. The topological polar surface area (TPSA) is 52.6 Å². The largest absolute Gasteiger partial charge is 0.460 e. The third-order valence-electron chi connectivity index (χ3n) is 2.97. The summed E-state index contributed by atoms with van der Waals surface area (Å²) in [6.45, 7) is 7.60. The van der Waals surface area contributed by atoms with Crippen LogP contribution in [0.4, 0.5) is 0 Å². The molecule has 1 aromatic carbocycles. The lowest BCUT2D eigenvalue weighted by Gasteiger charge is -2.22. The maximum absolute atomic E-state index is 12.0. The summed E-state index contributed by atoms with van der Waals surface area (Å²) >= 11 is 0. The minimum Gasteiger partial charge on any atom is -0.460 e. The van der Waals surface area contributed by atoms with Crippen LogP contribution in [-0.4, -0.2) is 17.5 Å². The lowest BCUT2D eigenvalue weighted by Crippen LogP contribution is -2.26. The molecule has 0 saturated heterocycles. The zero-order valence-corrected chi connectivity index (χ0v) is 11.6. The molecular formula is C15H18O4. The number of esters is 2. The van der Waals surface area contributed by atoms with E-state index in [0.717, 1.165) is 11.1 Å². The Morgan fingerprint density at radius 1 is 1.37 bits per heavy atom. The van der Waals surface area contributed by atoms with Gasteiger partial charge < -0.3 is 9.47 Å². The summed E-state index contributed by atoms with van der Waals surface area (Å²) in [5.74, 6) is -0.926. The molecule has 0 spiro atoms. The van der Waals surface area contributed by atoms with Gasteiger partial charge in [0.25, 0.3) is 0 Å². The molecule has 1 atom stereocenters. The number of ether oxygens (including phenoxy) is 2. The van der Waals surface area contributed by atoms with Crippen LogP contribution in [0.3, 0.4) is 0 Å². The Kier molecular flexibility index (Phi) is 3.35. The Hall–Kier alpha value is -1.84. The summed E-state index contributed by atoms with van der Waals surface area (Å²) in [4.78, 5) is 23.4. The van der Waals surface area contributed by atoms with Crippen molar-refractivity contribution in [2.24, 2.45) is 0 Å². The van der Waals surface area contributed by atoms with E-state index in [9.17, 15) is 9.59 Å². The SMILES string of the molecule is CC(C(=O)OC(C)(C)C)c1ccc2c(c1)COC2=O. The molecule has 1 aliphatic rings. The van der Waals surface area contributed by atoms with Crippen LogP contribution in [0.15, 0.2) is 18.2 Å². The van der Waals surface area contributed by atoms with E-state index in [4.69, 9.17) is 9.47 Å². The number of fused-ring (bicyclic) bond motifs is 1. The minimum atomic E-state index is -0.499. The van der Waals surface area contributed by atoms with Gasteiger partial charge in [0, 0.05) is 5.56 Å². The van der Waals surface area contributed by atoms with E-state index in [1.165, 1.54) is 0 Å². The molecule has 2 rings (SSSR count). The molecule has 19 heavy (non-hydrogen) atoms. The third kappa shape index (κ3) is 2.95. The molecular weight excluding hydrogens is 244 g/mol. The summed E-state index contributed by atoms with van der Waals surface area (Å²) in [6.07, 6.45) is 0. The van der Waals surface area contributed by atoms with Crippen molar-refractivity contribution in [1.82, 2.24) is 0 Å². The fraction of sp³-hybridized carbons (Fsp3) is 0.467. The normalized spacial score (nSPS) is 15.7. The van der Waals surface area contributed by atoms with Gasteiger partial charge >= 0.3 is 11.9 Å². The van der Waals surface area contributed by atoms with Crippen LogP contribution in [-0.2, 0) is 20.9 Å². The zero-order chi connectivity index (χ0) is 14.2. The molecule has 0 fully saturated rings. The highest BCUT2D eigenvalue weighted by molar-refractivity contribution is 5.93. The fourth-order valence-corrected chi connectivity index (χ4v) is 1.95. The van der Waals surface area contributed by atoms with Gasteiger partial charge in [-0.1, -0.05) is 12.1 Å². The molecule has 0 N–H and O–H groups in total. The summed E-state index contributed by atoms with van der Waals surface area (Å²) < 4.78 is 10.3. The average molecular weight is 262 g/mol. The molecule has 1 aliphatic heterocycles. The Balaban J connectivity index is 2.19. The first-order valence-electron chi connectivity index (χ1n) is 6.31. The summed E-state index contributed by atoms with van der Waals surface area (Å²) in [5, 5.41) is 0. The molecule has 4 heteroatoms. The van der Waals surface area contributed by atoms with Crippen LogP contribution in [0, 0.1) is 0 Å². The van der Waals surface area contributed by atoms with Crippen molar-refractivity contribution in [2.75, 3.05) is 0 Å². The molecule has 1 unspecified atom stereocenters. The Morgan fingerprint density at radius 3 is 2.68 bits per heavy atom. The van der Waals surface area contributed by atoms with Crippen LogP contribution in [0.2, 0.25) is 0 Å². The van der Waals surface area contributed by atoms with Gasteiger partial charge in [0.05, 0.1) is 11.5 Å². The van der Waals surface area contributed by atoms with Crippen LogP contribution < -0.4 is 0 Å². The Bertz CT molecular complexity index is 525. The first-order valence-corrected chi connectivity index (χ1v) is 6.31. The molecule has 0 bridgehead atoms. The smallest absolute Gasteiger partial charge is 0.338 e. The van der Waals surface area contributed by atoms with Gasteiger partial charge in [-0.25, -0.2) is 4.79 Å². The highest BCUT2D eigenvalue weighted by Gasteiger charge is 2.26. The van der Waals surface area contributed by atoms with Crippen LogP contribution in [0.25, 0.3) is 0 Å². The molecule has 4 nitrogen and oxygen atoms in total.